The number of carbonyl (C=O) groups is 1. The summed E-state index contributed by atoms with van der Waals surface area (Å²) in [5.74, 6) is -0.833. The first kappa shape index (κ1) is 23.7. The fourth-order valence-electron chi connectivity index (χ4n) is 0. The number of hydrogen-bond donors (Lipinski definition) is 1. The SMILES string of the molecule is CC(=O)O.O.[H-].[H-].[Na+].[Na+]. The van der Waals surface area contributed by atoms with Crippen LogP contribution in [0.15, 0.2) is 0 Å². The predicted molar refractivity (Wildman–Crippen MR) is 19.1 cm³/mol. The summed E-state index contributed by atoms with van der Waals surface area (Å²) in [6.45, 7) is 1.08. The number of aliphatic carboxylic acids is 1. The van der Waals surface area contributed by atoms with Crippen LogP contribution in [0.5, 0.6) is 0 Å². The van der Waals surface area contributed by atoms with Gasteiger partial charge in [-0.2, -0.15) is 0 Å². The van der Waals surface area contributed by atoms with E-state index in [0.717, 1.165) is 6.92 Å². The summed E-state index contributed by atoms with van der Waals surface area (Å²) in [4.78, 5) is 9.00. The van der Waals surface area contributed by atoms with Gasteiger partial charge in [-0.15, -0.1) is 0 Å². The Morgan fingerprint density at radius 2 is 1.57 bits per heavy atom. The second-order valence-corrected chi connectivity index (χ2v) is 0.519. The maximum atomic E-state index is 9.00. The molecule has 5 heteroatoms. The molecule has 3 nitrogen and oxygen atoms in total. The van der Waals surface area contributed by atoms with Gasteiger partial charge in [-0.05, 0) is 0 Å². The first-order valence-corrected chi connectivity index (χ1v) is 0.928. The van der Waals surface area contributed by atoms with Crippen molar-refractivity contribution in [3.05, 3.63) is 0 Å². The van der Waals surface area contributed by atoms with E-state index < -0.39 is 5.97 Å². The van der Waals surface area contributed by atoms with Crippen molar-refractivity contribution >= 4 is 5.97 Å². The third-order valence-electron chi connectivity index (χ3n) is 0. The van der Waals surface area contributed by atoms with Crippen molar-refractivity contribution in [1.29, 1.82) is 0 Å². The zero-order valence-electron chi connectivity index (χ0n) is 6.86. The maximum absolute atomic E-state index is 9.00. The van der Waals surface area contributed by atoms with Crippen molar-refractivity contribution in [3.63, 3.8) is 0 Å². The van der Waals surface area contributed by atoms with Crippen molar-refractivity contribution in [2.75, 3.05) is 0 Å². The maximum Gasteiger partial charge on any atom is 1.00 e. The molecule has 36 valence electrons. The van der Waals surface area contributed by atoms with E-state index in [2.05, 4.69) is 0 Å². The van der Waals surface area contributed by atoms with Crippen LogP contribution < -0.4 is 59.1 Å². The van der Waals surface area contributed by atoms with Gasteiger partial charge in [0.25, 0.3) is 5.97 Å². The van der Waals surface area contributed by atoms with Gasteiger partial charge in [-0.1, -0.05) is 0 Å². The predicted octanol–water partition coefficient (Wildman–Crippen LogP) is -6.50. The Morgan fingerprint density at radius 3 is 1.57 bits per heavy atom. The van der Waals surface area contributed by atoms with Gasteiger partial charge in [0, 0.05) is 6.92 Å². The van der Waals surface area contributed by atoms with Gasteiger partial charge in [-0.25, -0.2) is 0 Å². The van der Waals surface area contributed by atoms with Crippen LogP contribution in [0.2, 0.25) is 0 Å². The Morgan fingerprint density at radius 1 is 1.57 bits per heavy atom. The van der Waals surface area contributed by atoms with E-state index in [1.807, 2.05) is 0 Å². The molecule has 0 radical (unpaired) electrons. The first-order chi connectivity index (χ1) is 1.73. The summed E-state index contributed by atoms with van der Waals surface area (Å²) in [6, 6.07) is 0. The minimum absolute atomic E-state index is 0. The van der Waals surface area contributed by atoms with Crippen LogP contribution >= 0.6 is 0 Å². The van der Waals surface area contributed by atoms with Crippen molar-refractivity contribution in [3.8, 4) is 0 Å². The second-order valence-electron chi connectivity index (χ2n) is 0.519. The van der Waals surface area contributed by atoms with Gasteiger partial charge in [0.05, 0.1) is 0 Å². The molecule has 0 unspecified atom stereocenters. The molecule has 0 aromatic carbocycles. The van der Waals surface area contributed by atoms with Crippen LogP contribution in [0.25, 0.3) is 0 Å². The first-order valence-electron chi connectivity index (χ1n) is 0.928. The van der Waals surface area contributed by atoms with Crippen LogP contribution in [0.4, 0.5) is 0 Å². The Kier molecular flexibility index (Phi) is 53.0. The molecule has 0 aliphatic carbocycles. The van der Waals surface area contributed by atoms with Crippen LogP contribution in [0, 0.1) is 0 Å². The molecule has 0 heterocycles. The summed E-state index contributed by atoms with van der Waals surface area (Å²) in [5.41, 5.74) is 0. The quantitative estimate of drug-likeness (QED) is 0.328. The molecule has 0 bridgehead atoms. The van der Waals surface area contributed by atoms with E-state index in [-0.39, 0.29) is 67.4 Å². The van der Waals surface area contributed by atoms with Gasteiger partial charge in [0.15, 0.2) is 0 Å². The van der Waals surface area contributed by atoms with Gasteiger partial charge >= 0.3 is 59.1 Å². The topological polar surface area (TPSA) is 68.8 Å². The third-order valence-corrected chi connectivity index (χ3v) is 0. The van der Waals surface area contributed by atoms with Gasteiger partial charge in [0.2, 0.25) is 0 Å². The van der Waals surface area contributed by atoms with Gasteiger partial charge in [0.1, 0.15) is 0 Å². The van der Waals surface area contributed by atoms with Crippen molar-refractivity contribution in [2.45, 2.75) is 6.92 Å². The summed E-state index contributed by atoms with van der Waals surface area (Å²) in [6.07, 6.45) is 0. The summed E-state index contributed by atoms with van der Waals surface area (Å²) < 4.78 is 0. The molecule has 0 aliphatic rings. The smallest absolute Gasteiger partial charge is 1.00 e. The number of carboxylic acid groups (broad SMARTS) is 1. The molecule has 0 saturated carbocycles. The number of hydrogen-bond acceptors (Lipinski definition) is 1. The molecule has 0 spiro atoms. The molecule has 0 rings (SSSR count). The molecule has 7 heavy (non-hydrogen) atoms. The van der Waals surface area contributed by atoms with E-state index in [4.69, 9.17) is 9.90 Å². The Bertz CT molecular complexity index is 40.8. The molecule has 3 N–H and O–H groups in total. The molecule has 0 amide bonds. The molecule has 0 aliphatic heterocycles. The van der Waals surface area contributed by atoms with Gasteiger partial charge < -0.3 is 13.4 Å². The minimum Gasteiger partial charge on any atom is -1.00 e. The number of rotatable bonds is 0. The zero-order chi connectivity index (χ0) is 3.58. The Hall–Kier alpha value is 1.43. The summed E-state index contributed by atoms with van der Waals surface area (Å²) in [5, 5.41) is 7.42. The molecule has 0 atom stereocenters. The molecular weight excluding hydrogens is 118 g/mol. The zero-order valence-corrected chi connectivity index (χ0v) is 8.86. The Balaban J connectivity index is -0.00000000450. The molecular formula is C2H8Na2O3. The Labute approximate surface area is 89.3 Å². The van der Waals surface area contributed by atoms with Crippen LogP contribution in [-0.4, -0.2) is 16.6 Å². The van der Waals surface area contributed by atoms with Crippen molar-refractivity contribution < 1.29 is 77.3 Å². The van der Waals surface area contributed by atoms with Crippen LogP contribution in [0.1, 0.15) is 9.78 Å². The largest absolute Gasteiger partial charge is 1.00 e. The van der Waals surface area contributed by atoms with Gasteiger partial charge in [-0.3, -0.25) is 4.79 Å². The molecule has 0 saturated heterocycles. The third kappa shape index (κ3) is 107. The fourth-order valence-corrected chi connectivity index (χ4v) is 0. The molecule has 0 aromatic rings. The second kappa shape index (κ2) is 15.7. The number of carboxylic acids is 1. The fraction of sp³-hybridized carbons (Fsp3) is 0.500. The average molecular weight is 126 g/mol. The molecule has 0 aromatic heterocycles. The van der Waals surface area contributed by atoms with E-state index in [1.165, 1.54) is 0 Å². The average Bonchev–Trinajstić information content (AvgIpc) is 0.811. The van der Waals surface area contributed by atoms with Crippen LogP contribution in [0.3, 0.4) is 0 Å². The molecule has 0 fully saturated rings. The van der Waals surface area contributed by atoms with E-state index in [0.29, 0.717) is 0 Å². The summed E-state index contributed by atoms with van der Waals surface area (Å²) in [7, 11) is 0. The normalized spacial score (nSPS) is 3.57. The van der Waals surface area contributed by atoms with E-state index in [9.17, 15) is 0 Å². The minimum atomic E-state index is -0.833. The van der Waals surface area contributed by atoms with Crippen molar-refractivity contribution in [2.24, 2.45) is 0 Å². The van der Waals surface area contributed by atoms with E-state index in [1.54, 1.807) is 0 Å². The van der Waals surface area contributed by atoms with E-state index >= 15 is 0 Å². The standard InChI is InChI=1S/C2H4O2.2Na.H2O.2H/c1-2(3)4;;;;;/h1H3,(H,3,4);;;1H2;;/q;2*+1;;2*-1. The summed E-state index contributed by atoms with van der Waals surface area (Å²) >= 11 is 0. The van der Waals surface area contributed by atoms with Crippen LogP contribution in [-0.2, 0) is 4.79 Å². The monoisotopic (exact) mass is 126 g/mol. The van der Waals surface area contributed by atoms with Crippen molar-refractivity contribution in [1.82, 2.24) is 0 Å².